The summed E-state index contributed by atoms with van der Waals surface area (Å²) in [6.07, 6.45) is 2.68. The fourth-order valence-corrected chi connectivity index (χ4v) is 3.23. The minimum Gasteiger partial charge on any atom is -0.469 e. The number of ketones is 1. The number of nitriles is 1. The standard InChI is InChI=1S/C16H17N3O2/c1-16(2)6-10-14(11(20)7-16)13(12-4-3-5-21-12)9(8-17)15(18)19-10/h3-5,9,13H,6-7H2,1-2H3,(H2,18,19)/t9?,13-/m1/s1. The molecule has 2 atom stereocenters. The first-order valence-electron chi connectivity index (χ1n) is 6.96. The number of furan rings is 1. The van der Waals surface area contributed by atoms with Crippen LogP contribution in [0.2, 0.25) is 0 Å². The lowest BCUT2D eigenvalue weighted by Crippen LogP contribution is -2.38. The molecule has 3 rings (SSSR count). The van der Waals surface area contributed by atoms with Gasteiger partial charge in [-0.3, -0.25) is 4.79 Å². The average Bonchev–Trinajstić information content (AvgIpc) is 2.88. The Hall–Kier alpha value is -2.35. The maximum atomic E-state index is 12.6. The van der Waals surface area contributed by atoms with E-state index in [1.54, 1.807) is 18.4 Å². The van der Waals surface area contributed by atoms with Crippen LogP contribution in [0.1, 0.15) is 38.4 Å². The summed E-state index contributed by atoms with van der Waals surface area (Å²) >= 11 is 0. The molecule has 5 nitrogen and oxygen atoms in total. The van der Waals surface area contributed by atoms with Gasteiger partial charge in [-0.1, -0.05) is 13.8 Å². The molecule has 21 heavy (non-hydrogen) atoms. The molecule has 0 amide bonds. The molecular formula is C16H17N3O2. The van der Waals surface area contributed by atoms with Crippen molar-refractivity contribution in [3.63, 3.8) is 0 Å². The summed E-state index contributed by atoms with van der Waals surface area (Å²) in [4.78, 5) is 17.0. The Kier molecular flexibility index (Phi) is 2.98. The summed E-state index contributed by atoms with van der Waals surface area (Å²) in [7, 11) is 0. The van der Waals surface area contributed by atoms with Crippen molar-refractivity contribution in [3.05, 3.63) is 35.4 Å². The van der Waals surface area contributed by atoms with Crippen LogP contribution in [0.25, 0.3) is 0 Å². The highest BCUT2D eigenvalue weighted by molar-refractivity contribution is 6.02. The summed E-state index contributed by atoms with van der Waals surface area (Å²) in [5.41, 5.74) is 7.15. The van der Waals surface area contributed by atoms with Crippen LogP contribution in [0.5, 0.6) is 0 Å². The van der Waals surface area contributed by atoms with E-state index in [0.717, 1.165) is 0 Å². The zero-order valence-electron chi connectivity index (χ0n) is 12.1. The monoisotopic (exact) mass is 283 g/mol. The van der Waals surface area contributed by atoms with Crippen molar-refractivity contribution in [1.29, 1.82) is 5.26 Å². The number of nitrogens with zero attached hydrogens (tertiary/aromatic N) is 2. The van der Waals surface area contributed by atoms with Gasteiger partial charge in [0.1, 0.15) is 17.5 Å². The maximum absolute atomic E-state index is 12.6. The van der Waals surface area contributed by atoms with Crippen LogP contribution in [0.15, 0.2) is 39.1 Å². The third kappa shape index (κ3) is 2.17. The summed E-state index contributed by atoms with van der Waals surface area (Å²) in [6.45, 7) is 4.08. The molecule has 1 unspecified atom stereocenters. The van der Waals surface area contributed by atoms with E-state index >= 15 is 0 Å². The molecule has 0 saturated carbocycles. The fourth-order valence-electron chi connectivity index (χ4n) is 3.23. The van der Waals surface area contributed by atoms with Gasteiger partial charge in [-0.05, 0) is 24.0 Å². The molecule has 0 aromatic carbocycles. The van der Waals surface area contributed by atoms with E-state index in [1.165, 1.54) is 0 Å². The number of carbonyl (C=O) groups is 1. The second-order valence-electron chi connectivity index (χ2n) is 6.44. The number of aliphatic imine (C=N–C) groups is 1. The number of allylic oxidation sites excluding steroid dienone is 2. The topological polar surface area (TPSA) is 92.4 Å². The van der Waals surface area contributed by atoms with Gasteiger partial charge in [0.15, 0.2) is 5.78 Å². The second-order valence-corrected chi connectivity index (χ2v) is 6.44. The summed E-state index contributed by atoms with van der Waals surface area (Å²) < 4.78 is 5.45. The molecular weight excluding hydrogens is 266 g/mol. The molecule has 0 spiro atoms. The van der Waals surface area contributed by atoms with Crippen molar-refractivity contribution in [2.45, 2.75) is 32.6 Å². The van der Waals surface area contributed by atoms with Gasteiger partial charge in [0.25, 0.3) is 0 Å². The van der Waals surface area contributed by atoms with Crippen LogP contribution in [0.3, 0.4) is 0 Å². The normalized spacial score (nSPS) is 27.9. The molecule has 1 aliphatic heterocycles. The fraction of sp³-hybridized carbons (Fsp3) is 0.438. The van der Waals surface area contributed by atoms with Gasteiger partial charge in [0, 0.05) is 12.0 Å². The van der Waals surface area contributed by atoms with Gasteiger partial charge >= 0.3 is 0 Å². The molecule has 0 fully saturated rings. The smallest absolute Gasteiger partial charge is 0.162 e. The Morgan fingerprint density at radius 2 is 2.24 bits per heavy atom. The predicted molar refractivity (Wildman–Crippen MR) is 77.2 cm³/mol. The van der Waals surface area contributed by atoms with E-state index in [9.17, 15) is 10.1 Å². The number of hydrogen-bond acceptors (Lipinski definition) is 5. The van der Waals surface area contributed by atoms with Crippen LogP contribution in [0, 0.1) is 22.7 Å². The summed E-state index contributed by atoms with van der Waals surface area (Å²) in [5, 5.41) is 9.42. The second kappa shape index (κ2) is 4.59. The quantitative estimate of drug-likeness (QED) is 0.857. The molecule has 1 aromatic heterocycles. The average molecular weight is 283 g/mol. The van der Waals surface area contributed by atoms with Gasteiger partial charge in [0.05, 0.1) is 23.9 Å². The van der Waals surface area contributed by atoms with Crippen molar-refractivity contribution in [1.82, 2.24) is 0 Å². The Morgan fingerprint density at radius 1 is 1.48 bits per heavy atom. The first-order valence-corrected chi connectivity index (χ1v) is 6.96. The highest BCUT2D eigenvalue weighted by atomic mass is 16.3. The van der Waals surface area contributed by atoms with Gasteiger partial charge < -0.3 is 10.2 Å². The molecule has 0 saturated heterocycles. The first kappa shape index (κ1) is 13.6. The van der Waals surface area contributed by atoms with Crippen molar-refractivity contribution in [3.8, 4) is 6.07 Å². The Morgan fingerprint density at radius 3 is 2.86 bits per heavy atom. The number of carbonyl (C=O) groups excluding carboxylic acids is 1. The Bertz CT molecular complexity index is 690. The van der Waals surface area contributed by atoms with Gasteiger partial charge in [-0.25, -0.2) is 4.99 Å². The number of Topliss-reactive ketones (excluding diaryl/α,β-unsaturated/α-hetero) is 1. The third-order valence-electron chi connectivity index (χ3n) is 4.11. The van der Waals surface area contributed by atoms with Crippen LogP contribution >= 0.6 is 0 Å². The Labute approximate surface area is 123 Å². The highest BCUT2D eigenvalue weighted by Crippen LogP contribution is 2.46. The predicted octanol–water partition coefficient (Wildman–Crippen LogP) is 2.52. The zero-order chi connectivity index (χ0) is 15.2. The zero-order valence-corrected chi connectivity index (χ0v) is 12.1. The van der Waals surface area contributed by atoms with Crippen LogP contribution < -0.4 is 5.73 Å². The van der Waals surface area contributed by atoms with E-state index in [4.69, 9.17) is 10.2 Å². The molecule has 108 valence electrons. The summed E-state index contributed by atoms with van der Waals surface area (Å²) in [6, 6.07) is 5.70. The molecule has 2 aliphatic rings. The van der Waals surface area contributed by atoms with Gasteiger partial charge in [-0.2, -0.15) is 5.26 Å². The Balaban J connectivity index is 2.17. The molecule has 0 radical (unpaired) electrons. The molecule has 0 bridgehead atoms. The highest BCUT2D eigenvalue weighted by Gasteiger charge is 2.44. The van der Waals surface area contributed by atoms with Gasteiger partial charge in [0.2, 0.25) is 0 Å². The molecule has 1 aromatic rings. The van der Waals surface area contributed by atoms with Crippen molar-refractivity contribution in [2.75, 3.05) is 0 Å². The van der Waals surface area contributed by atoms with Crippen molar-refractivity contribution < 1.29 is 9.21 Å². The molecule has 5 heteroatoms. The number of nitrogens with two attached hydrogens (primary N) is 1. The molecule has 2 N–H and O–H groups in total. The van der Waals surface area contributed by atoms with E-state index in [-0.39, 0.29) is 17.0 Å². The van der Waals surface area contributed by atoms with Crippen LogP contribution in [-0.4, -0.2) is 11.6 Å². The number of rotatable bonds is 1. The van der Waals surface area contributed by atoms with E-state index in [2.05, 4.69) is 11.1 Å². The molecule has 1 aliphatic carbocycles. The van der Waals surface area contributed by atoms with E-state index in [0.29, 0.717) is 29.9 Å². The minimum absolute atomic E-state index is 0.0409. The first-order chi connectivity index (χ1) is 9.93. The lowest BCUT2D eigenvalue weighted by Gasteiger charge is -2.36. The lowest BCUT2D eigenvalue weighted by molar-refractivity contribution is -0.118. The van der Waals surface area contributed by atoms with E-state index in [1.807, 2.05) is 13.8 Å². The van der Waals surface area contributed by atoms with Crippen LogP contribution in [-0.2, 0) is 4.79 Å². The SMILES string of the molecule is CC1(C)CC(=O)C2=C(C1)N=C(N)C(C#N)[C@@H]2c1ccco1. The van der Waals surface area contributed by atoms with Crippen molar-refractivity contribution >= 4 is 11.6 Å². The molecule has 2 heterocycles. The minimum atomic E-state index is -0.653. The number of amidine groups is 1. The maximum Gasteiger partial charge on any atom is 0.162 e. The van der Waals surface area contributed by atoms with Crippen LogP contribution in [0.4, 0.5) is 0 Å². The van der Waals surface area contributed by atoms with Crippen molar-refractivity contribution in [2.24, 2.45) is 22.1 Å². The largest absolute Gasteiger partial charge is 0.469 e. The van der Waals surface area contributed by atoms with Gasteiger partial charge in [-0.15, -0.1) is 0 Å². The third-order valence-corrected chi connectivity index (χ3v) is 4.11. The summed E-state index contributed by atoms with van der Waals surface area (Å²) in [5.74, 6) is -0.191. The van der Waals surface area contributed by atoms with E-state index < -0.39 is 11.8 Å². The lowest BCUT2D eigenvalue weighted by atomic mass is 9.69. The number of hydrogen-bond donors (Lipinski definition) is 1.